The molecule has 27 heavy (non-hydrogen) atoms. The number of carboxylic acid groups (broad SMARTS) is 1. The maximum Gasteiger partial charge on any atom is 0.332 e. The Morgan fingerprint density at radius 2 is 1.74 bits per heavy atom. The van der Waals surface area contributed by atoms with Crippen LogP contribution in [0.15, 0.2) is 39.9 Å². The van der Waals surface area contributed by atoms with Crippen molar-refractivity contribution in [2.24, 2.45) is 14.1 Å². The summed E-state index contributed by atoms with van der Waals surface area (Å²) in [5.74, 6) is -2.03. The molecule has 0 radical (unpaired) electrons. The number of nitrogens with one attached hydrogen (secondary N) is 2. The van der Waals surface area contributed by atoms with Crippen LogP contribution < -0.4 is 22.1 Å². The van der Waals surface area contributed by atoms with Gasteiger partial charge in [0.05, 0.1) is 17.3 Å². The summed E-state index contributed by atoms with van der Waals surface area (Å²) in [6, 6.07) is 9.10. The first kappa shape index (κ1) is 18.1. The molecule has 3 aromatic rings. The van der Waals surface area contributed by atoms with E-state index < -0.39 is 23.1 Å². The molecular formula is C17H18N6O4. The molecule has 10 heteroatoms. The highest BCUT2D eigenvalue weighted by Crippen LogP contribution is 2.23. The second-order valence-corrected chi connectivity index (χ2v) is 6.01. The van der Waals surface area contributed by atoms with Gasteiger partial charge >= 0.3 is 11.7 Å². The molecule has 0 fully saturated rings. The molecular weight excluding hydrogens is 352 g/mol. The average molecular weight is 370 g/mol. The molecule has 0 aliphatic heterocycles. The number of anilines is 2. The molecule has 10 nitrogen and oxygen atoms in total. The summed E-state index contributed by atoms with van der Waals surface area (Å²) in [7, 11) is 2.79. The Morgan fingerprint density at radius 1 is 1.07 bits per heavy atom. The zero-order chi connectivity index (χ0) is 19.7. The Morgan fingerprint density at radius 3 is 2.37 bits per heavy atom. The molecule has 1 atom stereocenters. The fourth-order valence-corrected chi connectivity index (χ4v) is 2.54. The number of aryl methyl sites for hydroxylation is 1. The van der Waals surface area contributed by atoms with Gasteiger partial charge in [0.25, 0.3) is 5.56 Å². The van der Waals surface area contributed by atoms with Crippen LogP contribution in [-0.2, 0) is 18.9 Å². The Hall–Kier alpha value is -3.69. The third kappa shape index (κ3) is 3.24. The van der Waals surface area contributed by atoms with Crippen molar-refractivity contribution < 1.29 is 9.90 Å². The van der Waals surface area contributed by atoms with Crippen molar-refractivity contribution in [3.63, 3.8) is 0 Å². The summed E-state index contributed by atoms with van der Waals surface area (Å²) in [6.45, 7) is 1.44. The number of fused-ring (bicyclic) bond motifs is 1. The van der Waals surface area contributed by atoms with Gasteiger partial charge in [0.1, 0.15) is 0 Å². The predicted molar refractivity (Wildman–Crippen MR) is 99.8 cm³/mol. The minimum absolute atomic E-state index is 0.0572. The number of para-hydroxylation sites is 1. The Balaban J connectivity index is 2.20. The fraction of sp³-hybridized carbons (Fsp3) is 0.235. The van der Waals surface area contributed by atoms with Crippen LogP contribution in [0.1, 0.15) is 18.5 Å². The quantitative estimate of drug-likeness (QED) is 0.558. The number of carboxylic acids is 1. The van der Waals surface area contributed by atoms with E-state index >= 15 is 0 Å². The van der Waals surface area contributed by atoms with E-state index in [9.17, 15) is 19.5 Å². The zero-order valence-corrected chi connectivity index (χ0v) is 14.9. The Kier molecular flexibility index (Phi) is 4.63. The molecule has 3 N–H and O–H groups in total. The van der Waals surface area contributed by atoms with Crippen molar-refractivity contribution in [1.82, 2.24) is 19.1 Å². The van der Waals surface area contributed by atoms with Crippen molar-refractivity contribution in [2.45, 2.75) is 12.8 Å². The Bertz CT molecular complexity index is 1140. The molecule has 0 aliphatic carbocycles. The number of aromatic nitrogens is 4. The molecule has 0 amide bonds. The van der Waals surface area contributed by atoms with Crippen LogP contribution >= 0.6 is 0 Å². The molecule has 0 saturated carbocycles. The van der Waals surface area contributed by atoms with Gasteiger partial charge in [-0.05, 0) is 19.1 Å². The van der Waals surface area contributed by atoms with Crippen LogP contribution in [0.5, 0.6) is 0 Å². The van der Waals surface area contributed by atoms with Gasteiger partial charge < -0.3 is 5.11 Å². The van der Waals surface area contributed by atoms with Gasteiger partial charge in [0.2, 0.25) is 0 Å². The smallest absolute Gasteiger partial charge is 0.332 e. The van der Waals surface area contributed by atoms with E-state index in [1.807, 2.05) is 18.2 Å². The third-order valence-electron chi connectivity index (χ3n) is 4.18. The van der Waals surface area contributed by atoms with Crippen molar-refractivity contribution in [3.8, 4) is 0 Å². The maximum atomic E-state index is 12.4. The van der Waals surface area contributed by atoms with E-state index in [4.69, 9.17) is 0 Å². The summed E-state index contributed by atoms with van der Waals surface area (Å²) in [4.78, 5) is 44.6. The second kappa shape index (κ2) is 6.90. The maximum absolute atomic E-state index is 12.4. The highest BCUT2D eigenvalue weighted by molar-refractivity contribution is 5.80. The number of rotatable bonds is 5. The van der Waals surface area contributed by atoms with Gasteiger partial charge in [-0.1, -0.05) is 18.2 Å². The van der Waals surface area contributed by atoms with Crippen LogP contribution in [0.25, 0.3) is 11.2 Å². The molecule has 2 aromatic heterocycles. The summed E-state index contributed by atoms with van der Waals surface area (Å²) >= 11 is 0. The number of aliphatic carboxylic acids is 1. The van der Waals surface area contributed by atoms with Crippen molar-refractivity contribution >= 4 is 28.6 Å². The predicted octanol–water partition coefficient (Wildman–Crippen LogP) is 0.654. The average Bonchev–Trinajstić information content (AvgIpc) is 2.68. The van der Waals surface area contributed by atoms with Crippen LogP contribution in [0.3, 0.4) is 0 Å². The number of nitrogens with zero attached hydrogens (tertiary/aromatic N) is 4. The van der Waals surface area contributed by atoms with Crippen LogP contribution in [-0.4, -0.2) is 30.2 Å². The first-order chi connectivity index (χ1) is 12.8. The molecule has 0 saturated heterocycles. The fourth-order valence-electron chi connectivity index (χ4n) is 2.54. The first-order valence-corrected chi connectivity index (χ1v) is 8.08. The van der Waals surface area contributed by atoms with Crippen LogP contribution in [0.4, 0.5) is 11.5 Å². The topological polar surface area (TPSA) is 131 Å². The van der Waals surface area contributed by atoms with Crippen LogP contribution in [0.2, 0.25) is 0 Å². The van der Waals surface area contributed by atoms with E-state index in [-0.39, 0.29) is 22.7 Å². The van der Waals surface area contributed by atoms with E-state index in [1.165, 1.54) is 25.6 Å². The van der Waals surface area contributed by atoms with E-state index in [0.717, 1.165) is 4.57 Å². The number of hydrogen-bond acceptors (Lipinski definition) is 7. The lowest BCUT2D eigenvalue weighted by atomic mass is 10.1. The number of hydrazine groups is 1. The lowest BCUT2D eigenvalue weighted by Crippen LogP contribution is -2.38. The summed E-state index contributed by atoms with van der Waals surface area (Å²) in [5, 5.41) is 9.39. The van der Waals surface area contributed by atoms with Crippen molar-refractivity contribution in [1.29, 1.82) is 0 Å². The third-order valence-corrected chi connectivity index (χ3v) is 4.18. The van der Waals surface area contributed by atoms with Crippen molar-refractivity contribution in [3.05, 3.63) is 56.9 Å². The summed E-state index contributed by atoms with van der Waals surface area (Å²) < 4.78 is 2.09. The van der Waals surface area contributed by atoms with Crippen molar-refractivity contribution in [2.75, 3.05) is 10.9 Å². The molecule has 140 valence electrons. The minimum Gasteiger partial charge on any atom is -0.481 e. The lowest BCUT2D eigenvalue weighted by molar-refractivity contribution is -0.138. The number of hydrogen-bond donors (Lipinski definition) is 3. The summed E-state index contributed by atoms with van der Waals surface area (Å²) in [6.07, 6.45) is 0. The molecule has 0 spiro atoms. The van der Waals surface area contributed by atoms with Gasteiger partial charge in [0.15, 0.2) is 17.0 Å². The molecule has 1 aromatic carbocycles. The second-order valence-electron chi connectivity index (χ2n) is 6.01. The van der Waals surface area contributed by atoms with E-state index in [0.29, 0.717) is 5.69 Å². The van der Waals surface area contributed by atoms with Gasteiger partial charge in [-0.2, -0.15) is 0 Å². The number of carbonyl (C=O) groups is 1. The van der Waals surface area contributed by atoms with E-state index in [1.54, 1.807) is 12.1 Å². The molecule has 0 aliphatic rings. The zero-order valence-electron chi connectivity index (χ0n) is 14.9. The van der Waals surface area contributed by atoms with Gasteiger partial charge in [-0.25, -0.2) is 14.8 Å². The lowest BCUT2D eigenvalue weighted by Gasteiger charge is -2.16. The van der Waals surface area contributed by atoms with Gasteiger partial charge in [-0.15, -0.1) is 0 Å². The normalized spacial score (nSPS) is 12.0. The first-order valence-electron chi connectivity index (χ1n) is 8.08. The number of benzene rings is 1. The largest absolute Gasteiger partial charge is 0.481 e. The molecule has 1 unspecified atom stereocenters. The SMILES string of the molecule is CC(C(=O)O)c1nc2c(=O)n(C)c(=O)n(C)c2nc1NNc1ccccc1. The van der Waals surface area contributed by atoms with Gasteiger partial charge in [0, 0.05) is 14.1 Å². The van der Waals surface area contributed by atoms with E-state index in [2.05, 4.69) is 20.8 Å². The standard InChI is InChI=1S/C17H18N6O4/c1-9(16(25)26)11-13(21-20-10-7-5-4-6-8-10)19-14-12(18-11)15(24)23(3)17(27)22(14)2/h4-9,20H,1-3H3,(H,19,21)(H,25,26). The van der Waals surface area contributed by atoms with Gasteiger partial charge in [-0.3, -0.25) is 29.6 Å². The van der Waals surface area contributed by atoms with Crippen LogP contribution in [0, 0.1) is 0 Å². The molecule has 0 bridgehead atoms. The molecule has 3 rings (SSSR count). The highest BCUT2D eigenvalue weighted by atomic mass is 16.4. The minimum atomic E-state index is -1.12. The highest BCUT2D eigenvalue weighted by Gasteiger charge is 2.24. The Labute approximate surface area is 153 Å². The molecule has 2 heterocycles. The monoisotopic (exact) mass is 370 g/mol. The summed E-state index contributed by atoms with van der Waals surface area (Å²) in [5.41, 5.74) is 5.31.